The van der Waals surface area contributed by atoms with Crippen molar-refractivity contribution in [1.82, 2.24) is 0 Å². The van der Waals surface area contributed by atoms with Crippen molar-refractivity contribution in [2.45, 2.75) is 6.04 Å². The summed E-state index contributed by atoms with van der Waals surface area (Å²) in [5.41, 5.74) is 6.25. The summed E-state index contributed by atoms with van der Waals surface area (Å²) in [5, 5.41) is 8.57. The third kappa shape index (κ3) is 1.92. The monoisotopic (exact) mass is 176 g/mol. The third-order valence-electron chi connectivity index (χ3n) is 1.74. The van der Waals surface area contributed by atoms with Gasteiger partial charge in [-0.25, -0.2) is 4.39 Å². The first-order valence-electron chi connectivity index (χ1n) is 3.76. The molecular weight excluding hydrogens is 167 g/mol. The summed E-state index contributed by atoms with van der Waals surface area (Å²) in [4.78, 5) is 0. The molecule has 0 saturated carbocycles. The third-order valence-corrected chi connectivity index (χ3v) is 1.74. The number of hydrogen-bond donors (Lipinski definition) is 1. The molecule has 1 unspecified atom stereocenters. The average Bonchev–Trinajstić information content (AvgIpc) is 2.17. The molecule has 2 nitrogen and oxygen atoms in total. The number of rotatable bonds is 2. The van der Waals surface area contributed by atoms with Crippen LogP contribution in [0.4, 0.5) is 4.39 Å². The normalized spacial score (nSPS) is 11.8. The molecule has 0 fully saturated rings. The largest absolute Gasteiger partial charge is 0.321 e. The van der Waals surface area contributed by atoms with Crippen LogP contribution in [0.15, 0.2) is 30.9 Å². The molecule has 0 amide bonds. The van der Waals surface area contributed by atoms with E-state index < -0.39 is 11.9 Å². The minimum absolute atomic E-state index is 0.300. The van der Waals surface area contributed by atoms with Gasteiger partial charge in [-0.3, -0.25) is 0 Å². The van der Waals surface area contributed by atoms with Gasteiger partial charge in [0, 0.05) is 5.56 Å². The Hall–Kier alpha value is -1.66. The van der Waals surface area contributed by atoms with Crippen molar-refractivity contribution in [3.8, 4) is 6.07 Å². The van der Waals surface area contributed by atoms with Gasteiger partial charge in [0.15, 0.2) is 0 Å². The molecule has 0 spiro atoms. The van der Waals surface area contributed by atoms with Crippen LogP contribution in [0, 0.1) is 17.1 Å². The summed E-state index contributed by atoms with van der Waals surface area (Å²) in [6.45, 7) is 3.46. The Morgan fingerprint density at radius 3 is 2.85 bits per heavy atom. The highest BCUT2D eigenvalue weighted by molar-refractivity contribution is 5.36. The highest BCUT2D eigenvalue weighted by Crippen LogP contribution is 2.17. The van der Waals surface area contributed by atoms with Crippen LogP contribution in [-0.2, 0) is 0 Å². The summed E-state index contributed by atoms with van der Waals surface area (Å²) in [5.74, 6) is -0.411. The number of nitrogens with two attached hydrogens (primary N) is 1. The molecule has 66 valence electrons. The zero-order valence-corrected chi connectivity index (χ0v) is 7.00. The SMILES string of the molecule is C=CC(N)c1cc(C#N)ccc1F. The van der Waals surface area contributed by atoms with Crippen LogP contribution in [0.25, 0.3) is 0 Å². The first-order chi connectivity index (χ1) is 6.19. The van der Waals surface area contributed by atoms with Gasteiger partial charge in [-0.2, -0.15) is 5.26 Å². The second-order valence-corrected chi connectivity index (χ2v) is 2.61. The molecule has 0 aliphatic carbocycles. The number of nitrogens with zero attached hydrogens (tertiary/aromatic N) is 1. The van der Waals surface area contributed by atoms with Gasteiger partial charge in [-0.15, -0.1) is 6.58 Å². The molecule has 0 aromatic heterocycles. The van der Waals surface area contributed by atoms with Crippen molar-refractivity contribution in [3.05, 3.63) is 47.8 Å². The molecule has 2 N–H and O–H groups in total. The van der Waals surface area contributed by atoms with E-state index in [4.69, 9.17) is 11.0 Å². The van der Waals surface area contributed by atoms with Crippen molar-refractivity contribution >= 4 is 0 Å². The van der Waals surface area contributed by atoms with E-state index >= 15 is 0 Å². The lowest BCUT2D eigenvalue weighted by Crippen LogP contribution is -2.08. The Bertz CT molecular complexity index is 366. The zero-order chi connectivity index (χ0) is 9.84. The maximum atomic E-state index is 13.1. The summed E-state index contributed by atoms with van der Waals surface area (Å²) < 4.78 is 13.1. The number of nitriles is 1. The van der Waals surface area contributed by atoms with Gasteiger partial charge >= 0.3 is 0 Å². The summed E-state index contributed by atoms with van der Waals surface area (Å²) in [6.07, 6.45) is 1.43. The lowest BCUT2D eigenvalue weighted by atomic mass is 10.0. The van der Waals surface area contributed by atoms with Gasteiger partial charge in [0.1, 0.15) is 5.82 Å². The molecule has 0 heterocycles. The summed E-state index contributed by atoms with van der Waals surface area (Å²) >= 11 is 0. The molecule has 0 aliphatic heterocycles. The van der Waals surface area contributed by atoms with Gasteiger partial charge in [-0.1, -0.05) is 6.08 Å². The number of benzene rings is 1. The van der Waals surface area contributed by atoms with E-state index in [1.54, 1.807) is 0 Å². The smallest absolute Gasteiger partial charge is 0.128 e. The second kappa shape index (κ2) is 3.83. The van der Waals surface area contributed by atoms with E-state index in [2.05, 4.69) is 6.58 Å². The van der Waals surface area contributed by atoms with E-state index in [0.29, 0.717) is 11.1 Å². The van der Waals surface area contributed by atoms with Gasteiger partial charge in [0.05, 0.1) is 17.7 Å². The first kappa shape index (κ1) is 9.43. The Labute approximate surface area is 76.1 Å². The Kier molecular flexibility index (Phi) is 2.78. The molecule has 13 heavy (non-hydrogen) atoms. The van der Waals surface area contributed by atoms with Gasteiger partial charge in [-0.05, 0) is 18.2 Å². The van der Waals surface area contributed by atoms with Crippen LogP contribution in [0.1, 0.15) is 17.2 Å². The maximum absolute atomic E-state index is 13.1. The second-order valence-electron chi connectivity index (χ2n) is 2.61. The van der Waals surface area contributed by atoms with Crippen LogP contribution >= 0.6 is 0 Å². The molecule has 3 heteroatoms. The van der Waals surface area contributed by atoms with E-state index in [1.165, 1.54) is 24.3 Å². The average molecular weight is 176 g/mol. The molecule has 0 aliphatic rings. The van der Waals surface area contributed by atoms with Crippen molar-refractivity contribution < 1.29 is 4.39 Å². The maximum Gasteiger partial charge on any atom is 0.128 e. The summed E-state index contributed by atoms with van der Waals surface area (Å²) in [7, 11) is 0. The first-order valence-corrected chi connectivity index (χ1v) is 3.76. The van der Waals surface area contributed by atoms with E-state index in [1.807, 2.05) is 6.07 Å². The van der Waals surface area contributed by atoms with Gasteiger partial charge in [0.25, 0.3) is 0 Å². The highest BCUT2D eigenvalue weighted by Gasteiger charge is 2.08. The topological polar surface area (TPSA) is 49.8 Å². The van der Waals surface area contributed by atoms with Crippen molar-refractivity contribution in [3.63, 3.8) is 0 Å². The fraction of sp³-hybridized carbons (Fsp3) is 0.100. The van der Waals surface area contributed by atoms with Crippen LogP contribution in [0.2, 0.25) is 0 Å². The summed E-state index contributed by atoms with van der Waals surface area (Å²) in [6, 6.07) is 5.43. The van der Waals surface area contributed by atoms with E-state index in [9.17, 15) is 4.39 Å². The van der Waals surface area contributed by atoms with Crippen LogP contribution in [0.3, 0.4) is 0 Å². The van der Waals surface area contributed by atoms with Gasteiger partial charge in [0.2, 0.25) is 0 Å². The predicted molar refractivity (Wildman–Crippen MR) is 48.2 cm³/mol. The van der Waals surface area contributed by atoms with E-state index in [-0.39, 0.29) is 0 Å². The Morgan fingerprint density at radius 2 is 2.31 bits per heavy atom. The van der Waals surface area contributed by atoms with Crippen LogP contribution < -0.4 is 5.73 Å². The molecule has 1 aromatic rings. The standard InChI is InChI=1S/C10H9FN2/c1-2-10(13)8-5-7(6-12)3-4-9(8)11/h2-5,10H,1,13H2. The lowest BCUT2D eigenvalue weighted by molar-refractivity contribution is 0.602. The number of halogens is 1. The molecule has 0 bridgehead atoms. The quantitative estimate of drug-likeness (QED) is 0.699. The molecule has 1 aromatic carbocycles. The van der Waals surface area contributed by atoms with E-state index in [0.717, 1.165) is 0 Å². The zero-order valence-electron chi connectivity index (χ0n) is 7.00. The highest BCUT2D eigenvalue weighted by atomic mass is 19.1. The van der Waals surface area contributed by atoms with Crippen molar-refractivity contribution in [2.75, 3.05) is 0 Å². The lowest BCUT2D eigenvalue weighted by Gasteiger charge is -2.07. The van der Waals surface area contributed by atoms with Crippen LogP contribution in [-0.4, -0.2) is 0 Å². The minimum atomic E-state index is -0.562. The molecular formula is C10H9FN2. The fourth-order valence-electron chi connectivity index (χ4n) is 0.996. The number of hydrogen-bond acceptors (Lipinski definition) is 2. The molecule has 1 rings (SSSR count). The fourth-order valence-corrected chi connectivity index (χ4v) is 0.996. The van der Waals surface area contributed by atoms with Crippen LogP contribution in [0.5, 0.6) is 0 Å². The Balaban J connectivity index is 3.20. The van der Waals surface area contributed by atoms with Crippen molar-refractivity contribution in [1.29, 1.82) is 5.26 Å². The van der Waals surface area contributed by atoms with Gasteiger partial charge < -0.3 is 5.73 Å². The molecule has 0 radical (unpaired) electrons. The predicted octanol–water partition coefficient (Wildman–Crippen LogP) is 1.88. The molecule has 0 saturated heterocycles. The van der Waals surface area contributed by atoms with Crippen molar-refractivity contribution in [2.24, 2.45) is 5.73 Å². The Morgan fingerprint density at radius 1 is 1.62 bits per heavy atom. The molecule has 1 atom stereocenters. The minimum Gasteiger partial charge on any atom is -0.321 e.